The normalized spacial score (nSPS) is 9.79. The predicted molar refractivity (Wildman–Crippen MR) is 54.8 cm³/mol. The number of hydrogen-bond donors (Lipinski definition) is 1. The molecule has 3 nitrogen and oxygen atoms in total. The molecule has 0 radical (unpaired) electrons. The van der Waals surface area contributed by atoms with Crippen molar-refractivity contribution in [3.8, 4) is 0 Å². The molecule has 74 valence electrons. The van der Waals surface area contributed by atoms with E-state index < -0.39 is 5.97 Å². The van der Waals surface area contributed by atoms with E-state index in [-0.39, 0.29) is 11.5 Å². The molecule has 0 aliphatic rings. The summed E-state index contributed by atoms with van der Waals surface area (Å²) >= 11 is 1.16. The van der Waals surface area contributed by atoms with Gasteiger partial charge >= 0.3 is 5.97 Å². The Bertz CT molecular complexity index is 360. The highest BCUT2D eigenvalue weighted by Gasteiger charge is 2.07. The van der Waals surface area contributed by atoms with E-state index in [1.165, 1.54) is 6.92 Å². The monoisotopic (exact) mass is 210 g/mol. The van der Waals surface area contributed by atoms with Crippen molar-refractivity contribution in [1.29, 1.82) is 0 Å². The van der Waals surface area contributed by atoms with Crippen LogP contribution in [0.4, 0.5) is 0 Å². The number of benzene rings is 1. The van der Waals surface area contributed by atoms with E-state index in [1.54, 1.807) is 24.3 Å². The van der Waals surface area contributed by atoms with Crippen molar-refractivity contribution in [3.63, 3.8) is 0 Å². The molecule has 0 aromatic heterocycles. The molecule has 0 aliphatic heterocycles. The lowest BCUT2D eigenvalue weighted by Gasteiger charge is -2.03. The quantitative estimate of drug-likeness (QED) is 0.610. The van der Waals surface area contributed by atoms with E-state index in [0.717, 1.165) is 16.7 Å². The fourth-order valence-electron chi connectivity index (χ4n) is 1.02. The summed E-state index contributed by atoms with van der Waals surface area (Å²) in [6.07, 6.45) is 0. The molecule has 14 heavy (non-hydrogen) atoms. The second kappa shape index (κ2) is 4.81. The van der Waals surface area contributed by atoms with Crippen molar-refractivity contribution in [2.75, 3.05) is 5.75 Å². The van der Waals surface area contributed by atoms with Crippen LogP contribution in [-0.2, 0) is 4.79 Å². The first-order valence-corrected chi connectivity index (χ1v) is 5.04. The summed E-state index contributed by atoms with van der Waals surface area (Å²) in [5, 5.41) is 8.50. The molecule has 1 aromatic rings. The highest BCUT2D eigenvalue weighted by atomic mass is 32.2. The van der Waals surface area contributed by atoms with Crippen molar-refractivity contribution >= 4 is 23.5 Å². The predicted octanol–water partition coefficient (Wildman–Crippen LogP) is 2.07. The van der Waals surface area contributed by atoms with Crippen LogP contribution in [0.2, 0.25) is 0 Å². The zero-order chi connectivity index (χ0) is 10.6. The largest absolute Gasteiger partial charge is 0.481 e. The Morgan fingerprint density at radius 1 is 1.36 bits per heavy atom. The maximum absolute atomic E-state index is 11.2. The Hall–Kier alpha value is -1.29. The molecule has 0 unspecified atom stereocenters. The molecule has 0 aliphatic carbocycles. The summed E-state index contributed by atoms with van der Waals surface area (Å²) in [4.78, 5) is 22.2. The third-order valence-corrected chi connectivity index (χ3v) is 2.68. The number of aliphatic carboxylic acids is 1. The van der Waals surface area contributed by atoms with Crippen LogP contribution in [0.3, 0.4) is 0 Å². The Labute approximate surface area is 86.1 Å². The van der Waals surface area contributed by atoms with Crippen LogP contribution in [0.1, 0.15) is 17.3 Å². The molecule has 0 saturated heterocycles. The molecule has 1 rings (SSSR count). The van der Waals surface area contributed by atoms with Crippen molar-refractivity contribution in [2.24, 2.45) is 0 Å². The summed E-state index contributed by atoms with van der Waals surface area (Å²) < 4.78 is 0. The summed E-state index contributed by atoms with van der Waals surface area (Å²) in [5.74, 6) is -0.948. The standard InChI is InChI=1S/C10H10O3S/c1-7(11)8-4-2-3-5-9(8)14-6-10(12)13/h2-5H,6H2,1H3,(H,12,13). The van der Waals surface area contributed by atoms with E-state index in [2.05, 4.69) is 0 Å². The maximum atomic E-state index is 11.2. The Kier molecular flexibility index (Phi) is 3.71. The van der Waals surface area contributed by atoms with Gasteiger partial charge in [0.25, 0.3) is 0 Å². The number of rotatable bonds is 4. The third kappa shape index (κ3) is 2.88. The van der Waals surface area contributed by atoms with E-state index in [0.29, 0.717) is 5.56 Å². The van der Waals surface area contributed by atoms with Crippen molar-refractivity contribution in [1.82, 2.24) is 0 Å². The van der Waals surface area contributed by atoms with E-state index in [1.807, 2.05) is 0 Å². The number of carbonyl (C=O) groups excluding carboxylic acids is 1. The fraction of sp³-hybridized carbons (Fsp3) is 0.200. The topological polar surface area (TPSA) is 54.4 Å². The zero-order valence-electron chi connectivity index (χ0n) is 7.69. The van der Waals surface area contributed by atoms with Gasteiger partial charge in [0.05, 0.1) is 5.75 Å². The molecule has 0 amide bonds. The van der Waals surface area contributed by atoms with Gasteiger partial charge in [-0.2, -0.15) is 0 Å². The van der Waals surface area contributed by atoms with Gasteiger partial charge in [0.1, 0.15) is 0 Å². The van der Waals surface area contributed by atoms with Crippen LogP contribution in [0, 0.1) is 0 Å². The summed E-state index contributed by atoms with van der Waals surface area (Å²) in [5.41, 5.74) is 0.582. The summed E-state index contributed by atoms with van der Waals surface area (Å²) in [7, 11) is 0. The minimum atomic E-state index is -0.881. The smallest absolute Gasteiger partial charge is 0.313 e. The highest BCUT2D eigenvalue weighted by Crippen LogP contribution is 2.22. The SMILES string of the molecule is CC(=O)c1ccccc1SCC(=O)O. The van der Waals surface area contributed by atoms with Crippen LogP contribution >= 0.6 is 11.8 Å². The molecule has 0 bridgehead atoms. The van der Waals surface area contributed by atoms with Gasteiger partial charge in [0, 0.05) is 10.5 Å². The molecular formula is C10H10O3S. The van der Waals surface area contributed by atoms with Gasteiger partial charge in [-0.25, -0.2) is 0 Å². The first kappa shape index (κ1) is 10.8. The van der Waals surface area contributed by atoms with Gasteiger partial charge in [-0.05, 0) is 13.0 Å². The fourth-order valence-corrected chi connectivity index (χ4v) is 1.84. The van der Waals surface area contributed by atoms with Gasteiger partial charge in [0.15, 0.2) is 5.78 Å². The molecular weight excluding hydrogens is 200 g/mol. The molecule has 0 fully saturated rings. The van der Waals surface area contributed by atoms with Gasteiger partial charge in [-0.3, -0.25) is 9.59 Å². The number of carbonyl (C=O) groups is 2. The van der Waals surface area contributed by atoms with E-state index >= 15 is 0 Å². The molecule has 0 heterocycles. The molecule has 4 heteroatoms. The minimum Gasteiger partial charge on any atom is -0.481 e. The van der Waals surface area contributed by atoms with E-state index in [9.17, 15) is 9.59 Å². The van der Waals surface area contributed by atoms with Crippen molar-refractivity contribution < 1.29 is 14.7 Å². The lowest BCUT2D eigenvalue weighted by molar-refractivity contribution is -0.133. The first-order chi connectivity index (χ1) is 6.61. The molecule has 1 aromatic carbocycles. The number of carboxylic acids is 1. The Morgan fingerprint density at radius 2 is 2.00 bits per heavy atom. The molecule has 0 saturated carbocycles. The van der Waals surface area contributed by atoms with Gasteiger partial charge in [-0.1, -0.05) is 18.2 Å². The number of thioether (sulfide) groups is 1. The van der Waals surface area contributed by atoms with Gasteiger partial charge in [-0.15, -0.1) is 11.8 Å². The second-order valence-corrected chi connectivity index (χ2v) is 3.75. The lowest BCUT2D eigenvalue weighted by Crippen LogP contribution is -2.00. The zero-order valence-corrected chi connectivity index (χ0v) is 8.50. The van der Waals surface area contributed by atoms with Crippen molar-refractivity contribution in [2.45, 2.75) is 11.8 Å². The highest BCUT2D eigenvalue weighted by molar-refractivity contribution is 8.00. The van der Waals surface area contributed by atoms with Crippen LogP contribution in [0.25, 0.3) is 0 Å². The minimum absolute atomic E-state index is 0.0235. The van der Waals surface area contributed by atoms with E-state index in [4.69, 9.17) is 5.11 Å². The van der Waals surface area contributed by atoms with Crippen LogP contribution in [0.5, 0.6) is 0 Å². The average Bonchev–Trinajstić information content (AvgIpc) is 2.15. The number of hydrogen-bond acceptors (Lipinski definition) is 3. The number of ketones is 1. The van der Waals surface area contributed by atoms with Crippen LogP contribution in [0.15, 0.2) is 29.2 Å². The Morgan fingerprint density at radius 3 is 2.57 bits per heavy atom. The van der Waals surface area contributed by atoms with Gasteiger partial charge in [0.2, 0.25) is 0 Å². The average molecular weight is 210 g/mol. The third-order valence-electron chi connectivity index (χ3n) is 1.62. The Balaban J connectivity index is 2.84. The molecule has 1 N–H and O–H groups in total. The lowest BCUT2D eigenvalue weighted by atomic mass is 10.1. The maximum Gasteiger partial charge on any atom is 0.313 e. The van der Waals surface area contributed by atoms with Crippen LogP contribution < -0.4 is 0 Å². The number of carboxylic acid groups (broad SMARTS) is 1. The summed E-state index contributed by atoms with van der Waals surface area (Å²) in [6.45, 7) is 1.47. The van der Waals surface area contributed by atoms with Crippen LogP contribution in [-0.4, -0.2) is 22.6 Å². The van der Waals surface area contributed by atoms with Crippen molar-refractivity contribution in [3.05, 3.63) is 29.8 Å². The number of Topliss-reactive ketones (excluding diaryl/α,β-unsaturated/α-hetero) is 1. The summed E-state index contributed by atoms with van der Waals surface area (Å²) in [6, 6.07) is 7.01. The first-order valence-electron chi connectivity index (χ1n) is 4.06. The molecule has 0 atom stereocenters. The van der Waals surface area contributed by atoms with Gasteiger partial charge < -0.3 is 5.11 Å². The second-order valence-electron chi connectivity index (χ2n) is 2.73. The molecule has 0 spiro atoms.